The van der Waals surface area contributed by atoms with E-state index in [1.807, 2.05) is 0 Å². The van der Waals surface area contributed by atoms with E-state index in [2.05, 4.69) is 15.3 Å². The monoisotopic (exact) mass is 379 g/mol. The Hall–Kier alpha value is -2.23. The summed E-state index contributed by atoms with van der Waals surface area (Å²) in [5, 5.41) is 2.97. The van der Waals surface area contributed by atoms with Gasteiger partial charge in [0.1, 0.15) is 5.82 Å². The third-order valence-electron chi connectivity index (χ3n) is 3.98. The zero-order chi connectivity index (χ0) is 19.1. The third-order valence-corrected chi connectivity index (χ3v) is 3.98. The normalized spacial score (nSPS) is 15.2. The van der Waals surface area contributed by atoms with Crippen LogP contribution in [0.2, 0.25) is 0 Å². The average Bonchev–Trinajstić information content (AvgIpc) is 2.52. The highest BCUT2D eigenvalue weighted by Gasteiger charge is 2.59. The van der Waals surface area contributed by atoms with E-state index in [4.69, 9.17) is 0 Å². The van der Waals surface area contributed by atoms with Crippen LogP contribution in [0.4, 0.5) is 30.7 Å². The topological polar surface area (TPSA) is 37.8 Å². The molecular formula is C16H12F7N3. The van der Waals surface area contributed by atoms with Gasteiger partial charge in [0, 0.05) is 30.6 Å². The van der Waals surface area contributed by atoms with Gasteiger partial charge in [-0.2, -0.15) is 26.3 Å². The first-order chi connectivity index (χ1) is 12.1. The van der Waals surface area contributed by atoms with Crippen LogP contribution in [0.25, 0.3) is 11.3 Å². The molecule has 0 radical (unpaired) electrons. The smallest absolute Gasteiger partial charge is 0.312 e. The summed E-state index contributed by atoms with van der Waals surface area (Å²) in [6.45, 7) is 0.569. The molecule has 0 amide bonds. The van der Waals surface area contributed by atoms with Gasteiger partial charge in [-0.3, -0.25) is 0 Å². The van der Waals surface area contributed by atoms with Crippen molar-refractivity contribution in [2.24, 2.45) is 0 Å². The number of rotatable bonds is 2. The predicted octanol–water partition coefficient (Wildman–Crippen LogP) is 4.14. The van der Waals surface area contributed by atoms with E-state index in [9.17, 15) is 30.7 Å². The number of hydrogen-bond donors (Lipinski definition) is 1. The zero-order valence-electron chi connectivity index (χ0n) is 13.0. The van der Waals surface area contributed by atoms with Crippen molar-refractivity contribution in [2.45, 2.75) is 31.2 Å². The summed E-state index contributed by atoms with van der Waals surface area (Å²) in [5.74, 6) is -5.71. The Morgan fingerprint density at radius 1 is 0.923 bits per heavy atom. The standard InChI is InChI=1S/C16H12F7N3/c17-9-3-1-8(2-4-9)12-10-7-24-6-5-11(10)25-14(26-12)13(15(18,19)20)16(21,22)23/h1-4,13,24H,5-7H2. The van der Waals surface area contributed by atoms with Crippen LogP contribution >= 0.6 is 0 Å². The first-order valence-corrected chi connectivity index (χ1v) is 7.57. The molecule has 2 heterocycles. The fourth-order valence-corrected chi connectivity index (χ4v) is 2.82. The highest BCUT2D eigenvalue weighted by Crippen LogP contribution is 2.45. The number of alkyl halides is 6. The van der Waals surface area contributed by atoms with Crippen molar-refractivity contribution in [1.82, 2.24) is 15.3 Å². The fraction of sp³-hybridized carbons (Fsp3) is 0.375. The Balaban J connectivity index is 2.21. The summed E-state index contributed by atoms with van der Waals surface area (Å²) >= 11 is 0. The molecule has 26 heavy (non-hydrogen) atoms. The van der Waals surface area contributed by atoms with Crippen LogP contribution in [0.5, 0.6) is 0 Å². The van der Waals surface area contributed by atoms with Gasteiger partial charge in [0.2, 0.25) is 5.92 Å². The molecule has 1 aromatic heterocycles. The van der Waals surface area contributed by atoms with Crippen LogP contribution in [0.1, 0.15) is 23.0 Å². The summed E-state index contributed by atoms with van der Waals surface area (Å²) in [4.78, 5) is 7.19. The van der Waals surface area contributed by atoms with Crippen molar-refractivity contribution in [1.29, 1.82) is 0 Å². The van der Waals surface area contributed by atoms with Gasteiger partial charge < -0.3 is 5.32 Å². The summed E-state index contributed by atoms with van der Waals surface area (Å²) < 4.78 is 91.5. The number of halogens is 7. The highest BCUT2D eigenvalue weighted by atomic mass is 19.4. The lowest BCUT2D eigenvalue weighted by Gasteiger charge is -2.25. The fourth-order valence-electron chi connectivity index (χ4n) is 2.82. The lowest BCUT2D eigenvalue weighted by molar-refractivity contribution is -0.255. The number of nitrogens with one attached hydrogen (secondary N) is 1. The van der Waals surface area contributed by atoms with Gasteiger partial charge in [-0.25, -0.2) is 14.4 Å². The number of nitrogens with zero attached hydrogens (tertiary/aromatic N) is 2. The third kappa shape index (κ3) is 3.64. The summed E-state index contributed by atoms with van der Waals surface area (Å²) in [6, 6.07) is 4.63. The van der Waals surface area contributed by atoms with Gasteiger partial charge in [-0.05, 0) is 24.3 Å². The van der Waals surface area contributed by atoms with E-state index >= 15 is 0 Å². The van der Waals surface area contributed by atoms with Gasteiger partial charge in [0.25, 0.3) is 0 Å². The SMILES string of the molecule is Fc1ccc(-c2nc(C(C(F)(F)F)C(F)(F)F)nc3c2CNCC3)cc1. The molecule has 0 spiro atoms. The Kier molecular flexibility index (Phi) is 4.63. The van der Waals surface area contributed by atoms with Crippen molar-refractivity contribution in [3.63, 3.8) is 0 Å². The molecular weight excluding hydrogens is 367 g/mol. The second-order valence-electron chi connectivity index (χ2n) is 5.81. The zero-order valence-corrected chi connectivity index (χ0v) is 13.0. The molecule has 0 bridgehead atoms. The van der Waals surface area contributed by atoms with E-state index < -0.39 is 29.9 Å². The summed E-state index contributed by atoms with van der Waals surface area (Å²) in [7, 11) is 0. The molecule has 0 saturated heterocycles. The number of benzene rings is 1. The lowest BCUT2D eigenvalue weighted by Crippen LogP contribution is -2.36. The molecule has 0 saturated carbocycles. The number of aromatic nitrogens is 2. The molecule has 3 nitrogen and oxygen atoms in total. The van der Waals surface area contributed by atoms with E-state index in [1.165, 1.54) is 12.1 Å². The van der Waals surface area contributed by atoms with Gasteiger partial charge >= 0.3 is 12.4 Å². The van der Waals surface area contributed by atoms with Gasteiger partial charge in [0.05, 0.1) is 11.4 Å². The van der Waals surface area contributed by atoms with Crippen molar-refractivity contribution in [2.75, 3.05) is 6.54 Å². The van der Waals surface area contributed by atoms with E-state index in [0.717, 1.165) is 12.1 Å². The van der Waals surface area contributed by atoms with Gasteiger partial charge in [0.15, 0.2) is 5.82 Å². The first-order valence-electron chi connectivity index (χ1n) is 7.57. The average molecular weight is 379 g/mol. The molecule has 1 aromatic carbocycles. The molecule has 0 fully saturated rings. The van der Waals surface area contributed by atoms with Crippen LogP contribution < -0.4 is 5.32 Å². The Morgan fingerprint density at radius 3 is 2.12 bits per heavy atom. The van der Waals surface area contributed by atoms with E-state index in [0.29, 0.717) is 12.1 Å². The Morgan fingerprint density at radius 2 is 1.54 bits per heavy atom. The van der Waals surface area contributed by atoms with Crippen molar-refractivity contribution < 1.29 is 30.7 Å². The van der Waals surface area contributed by atoms with Crippen LogP contribution in [0, 0.1) is 5.82 Å². The molecule has 3 rings (SSSR count). The quantitative estimate of drug-likeness (QED) is 0.798. The molecule has 2 aromatic rings. The minimum Gasteiger partial charge on any atom is -0.312 e. The second kappa shape index (κ2) is 6.49. The van der Waals surface area contributed by atoms with E-state index in [1.54, 1.807) is 0 Å². The number of fused-ring (bicyclic) bond motifs is 1. The first kappa shape index (κ1) is 18.6. The summed E-state index contributed by atoms with van der Waals surface area (Å²) in [5.41, 5.74) is 0.704. The molecule has 1 N–H and O–H groups in total. The molecule has 0 unspecified atom stereocenters. The molecule has 1 aliphatic heterocycles. The molecule has 0 atom stereocenters. The van der Waals surface area contributed by atoms with Gasteiger partial charge in [-0.1, -0.05) is 0 Å². The highest BCUT2D eigenvalue weighted by molar-refractivity contribution is 5.64. The summed E-state index contributed by atoms with van der Waals surface area (Å²) in [6.07, 6.45) is -11.0. The Labute approximate surface area is 143 Å². The number of hydrogen-bond acceptors (Lipinski definition) is 3. The van der Waals surface area contributed by atoms with Crippen LogP contribution in [-0.4, -0.2) is 28.9 Å². The van der Waals surface area contributed by atoms with Crippen molar-refractivity contribution in [3.8, 4) is 11.3 Å². The van der Waals surface area contributed by atoms with Gasteiger partial charge in [-0.15, -0.1) is 0 Å². The Bertz CT molecular complexity index is 783. The maximum Gasteiger partial charge on any atom is 0.407 e. The molecule has 1 aliphatic rings. The maximum atomic E-state index is 13.1. The minimum atomic E-state index is -5.58. The second-order valence-corrected chi connectivity index (χ2v) is 5.81. The maximum absolute atomic E-state index is 13.1. The van der Waals surface area contributed by atoms with Crippen LogP contribution in [-0.2, 0) is 13.0 Å². The molecule has 0 aliphatic carbocycles. The van der Waals surface area contributed by atoms with Crippen molar-refractivity contribution in [3.05, 3.63) is 47.2 Å². The van der Waals surface area contributed by atoms with E-state index in [-0.39, 0.29) is 29.9 Å². The molecule has 140 valence electrons. The van der Waals surface area contributed by atoms with Crippen LogP contribution in [0.15, 0.2) is 24.3 Å². The largest absolute Gasteiger partial charge is 0.407 e. The van der Waals surface area contributed by atoms with Crippen molar-refractivity contribution >= 4 is 0 Å². The van der Waals surface area contributed by atoms with Crippen LogP contribution in [0.3, 0.4) is 0 Å². The lowest BCUT2D eigenvalue weighted by atomic mass is 9.98. The molecule has 10 heteroatoms. The predicted molar refractivity (Wildman–Crippen MR) is 77.7 cm³/mol. The minimum absolute atomic E-state index is 0.0595.